The van der Waals surface area contributed by atoms with Crippen LogP contribution in [0.3, 0.4) is 0 Å². The van der Waals surface area contributed by atoms with E-state index in [4.69, 9.17) is 0 Å². The van der Waals surface area contributed by atoms with Gasteiger partial charge in [0.05, 0.1) is 0 Å². The van der Waals surface area contributed by atoms with Crippen LogP contribution in [-0.4, -0.2) is 9.97 Å². The highest BCUT2D eigenvalue weighted by Gasteiger charge is 2.02. The number of hydrogen-bond acceptors (Lipinski definition) is 4. The first-order valence-electron chi connectivity index (χ1n) is 7.71. The molecule has 0 saturated carbocycles. The van der Waals surface area contributed by atoms with Crippen molar-refractivity contribution in [3.05, 3.63) is 83.7 Å². The summed E-state index contributed by atoms with van der Waals surface area (Å²) in [6, 6.07) is 22.5. The summed E-state index contributed by atoms with van der Waals surface area (Å²) < 4.78 is 0. The maximum Gasteiger partial charge on any atom is 0.132 e. The largest absolute Gasteiger partial charge is 0.366 e. The fourth-order valence-electron chi connectivity index (χ4n) is 2.33. The normalized spacial score (nSPS) is 10.3. The van der Waals surface area contributed by atoms with Crippen LogP contribution < -0.4 is 10.6 Å². The molecule has 0 aliphatic heterocycles. The summed E-state index contributed by atoms with van der Waals surface area (Å²) in [4.78, 5) is 8.88. The van der Waals surface area contributed by atoms with Gasteiger partial charge in [0.25, 0.3) is 0 Å². The summed E-state index contributed by atoms with van der Waals surface area (Å²) in [6.45, 7) is 3.40. The molecule has 0 aliphatic carbocycles. The monoisotopic (exact) mass is 304 g/mol. The van der Waals surface area contributed by atoms with Crippen molar-refractivity contribution in [1.29, 1.82) is 0 Å². The Labute approximate surface area is 136 Å². The molecule has 1 aromatic heterocycles. The maximum absolute atomic E-state index is 4.44. The number of benzene rings is 2. The van der Waals surface area contributed by atoms with Gasteiger partial charge in [0.1, 0.15) is 17.5 Å². The minimum atomic E-state index is 0.745. The topological polar surface area (TPSA) is 49.8 Å². The lowest BCUT2D eigenvalue weighted by atomic mass is 10.2. The highest BCUT2D eigenvalue weighted by molar-refractivity contribution is 5.48. The molecular weight excluding hydrogens is 284 g/mol. The molecule has 2 N–H and O–H groups in total. The maximum atomic E-state index is 4.44. The van der Waals surface area contributed by atoms with E-state index in [0.29, 0.717) is 0 Å². The summed E-state index contributed by atoms with van der Waals surface area (Å²) >= 11 is 0. The third-order valence-electron chi connectivity index (χ3n) is 3.47. The first-order chi connectivity index (χ1) is 11.3. The molecule has 0 spiro atoms. The van der Waals surface area contributed by atoms with Gasteiger partial charge >= 0.3 is 0 Å². The molecule has 0 saturated heterocycles. The first kappa shape index (κ1) is 15.0. The third-order valence-corrected chi connectivity index (χ3v) is 3.47. The van der Waals surface area contributed by atoms with E-state index in [2.05, 4.69) is 44.9 Å². The number of rotatable bonds is 6. The summed E-state index contributed by atoms with van der Waals surface area (Å²) in [7, 11) is 0. The molecule has 3 rings (SSSR count). The minimum Gasteiger partial charge on any atom is -0.366 e. The average Bonchev–Trinajstić information content (AvgIpc) is 2.60. The van der Waals surface area contributed by atoms with E-state index in [0.717, 1.165) is 30.5 Å². The van der Waals surface area contributed by atoms with Crippen LogP contribution in [0.4, 0.5) is 11.6 Å². The van der Waals surface area contributed by atoms with E-state index in [1.54, 1.807) is 0 Å². The van der Waals surface area contributed by atoms with Crippen LogP contribution in [0, 0.1) is 6.92 Å². The molecular formula is C19H20N4. The molecule has 0 atom stereocenters. The van der Waals surface area contributed by atoms with Crippen molar-refractivity contribution in [2.75, 3.05) is 10.6 Å². The summed E-state index contributed by atoms with van der Waals surface area (Å²) in [5, 5.41) is 6.70. The quantitative estimate of drug-likeness (QED) is 0.722. The Morgan fingerprint density at radius 1 is 0.696 bits per heavy atom. The molecule has 3 aromatic rings. The number of hydrogen-bond donors (Lipinski definition) is 2. The van der Waals surface area contributed by atoms with E-state index in [-0.39, 0.29) is 0 Å². The van der Waals surface area contributed by atoms with Crippen LogP contribution in [-0.2, 0) is 13.1 Å². The highest BCUT2D eigenvalue weighted by atomic mass is 15.1. The van der Waals surface area contributed by atoms with Gasteiger partial charge in [-0.25, -0.2) is 9.97 Å². The summed E-state index contributed by atoms with van der Waals surface area (Å²) in [5.41, 5.74) is 2.45. The van der Waals surface area contributed by atoms with Crippen LogP contribution in [0.15, 0.2) is 66.7 Å². The standard InChI is InChI=1S/C19H20N4/c1-15-22-18(20-13-16-8-4-2-5-9-16)12-19(23-15)21-14-17-10-6-3-7-11-17/h2-12H,13-14H2,1H3,(H2,20,21,22,23). The van der Waals surface area contributed by atoms with Gasteiger partial charge in [-0.3, -0.25) is 0 Å². The van der Waals surface area contributed by atoms with Gasteiger partial charge < -0.3 is 10.6 Å². The summed E-state index contributed by atoms with van der Waals surface area (Å²) in [6.07, 6.45) is 0. The number of aromatic nitrogens is 2. The van der Waals surface area contributed by atoms with Crippen molar-refractivity contribution in [2.24, 2.45) is 0 Å². The second-order valence-corrected chi connectivity index (χ2v) is 5.36. The molecule has 0 bridgehead atoms. The second-order valence-electron chi connectivity index (χ2n) is 5.36. The number of nitrogens with zero attached hydrogens (tertiary/aromatic N) is 2. The Morgan fingerprint density at radius 3 is 1.57 bits per heavy atom. The fourth-order valence-corrected chi connectivity index (χ4v) is 2.33. The SMILES string of the molecule is Cc1nc(NCc2ccccc2)cc(NCc2ccccc2)n1. The lowest BCUT2D eigenvalue weighted by Gasteiger charge is -2.10. The van der Waals surface area contributed by atoms with Crippen LogP contribution in [0.5, 0.6) is 0 Å². The predicted octanol–water partition coefficient (Wildman–Crippen LogP) is 4.01. The van der Waals surface area contributed by atoms with E-state index in [1.165, 1.54) is 11.1 Å². The molecule has 2 aromatic carbocycles. The number of anilines is 2. The zero-order valence-corrected chi connectivity index (χ0v) is 13.2. The van der Waals surface area contributed by atoms with Crippen LogP contribution in [0.1, 0.15) is 17.0 Å². The van der Waals surface area contributed by atoms with Crippen molar-refractivity contribution in [3.63, 3.8) is 0 Å². The lowest BCUT2D eigenvalue weighted by Crippen LogP contribution is -2.07. The van der Waals surface area contributed by atoms with Gasteiger partial charge in [-0.05, 0) is 18.1 Å². The molecule has 23 heavy (non-hydrogen) atoms. The fraction of sp³-hybridized carbons (Fsp3) is 0.158. The average molecular weight is 304 g/mol. The van der Waals surface area contributed by atoms with Crippen molar-refractivity contribution in [2.45, 2.75) is 20.0 Å². The number of nitrogens with one attached hydrogen (secondary N) is 2. The molecule has 1 heterocycles. The molecule has 0 unspecified atom stereocenters. The third kappa shape index (κ3) is 4.54. The van der Waals surface area contributed by atoms with Crippen LogP contribution in [0.25, 0.3) is 0 Å². The zero-order chi connectivity index (χ0) is 15.9. The van der Waals surface area contributed by atoms with Crippen molar-refractivity contribution in [3.8, 4) is 0 Å². The van der Waals surface area contributed by atoms with E-state index in [1.807, 2.05) is 49.4 Å². The first-order valence-corrected chi connectivity index (χ1v) is 7.71. The van der Waals surface area contributed by atoms with Gasteiger partial charge in [-0.2, -0.15) is 0 Å². The van der Waals surface area contributed by atoms with Gasteiger partial charge in [-0.15, -0.1) is 0 Å². The Morgan fingerprint density at radius 2 is 1.13 bits per heavy atom. The van der Waals surface area contributed by atoms with E-state index >= 15 is 0 Å². The van der Waals surface area contributed by atoms with Crippen molar-refractivity contribution >= 4 is 11.6 Å². The molecule has 4 nitrogen and oxygen atoms in total. The van der Waals surface area contributed by atoms with Gasteiger partial charge in [0, 0.05) is 19.2 Å². The second kappa shape index (κ2) is 7.40. The van der Waals surface area contributed by atoms with Gasteiger partial charge in [-0.1, -0.05) is 60.7 Å². The number of aryl methyl sites for hydroxylation is 1. The van der Waals surface area contributed by atoms with Crippen LogP contribution in [0.2, 0.25) is 0 Å². The predicted molar refractivity (Wildman–Crippen MR) is 94.3 cm³/mol. The molecule has 0 fully saturated rings. The Hall–Kier alpha value is -2.88. The highest BCUT2D eigenvalue weighted by Crippen LogP contribution is 2.13. The van der Waals surface area contributed by atoms with E-state index in [9.17, 15) is 0 Å². The molecule has 0 radical (unpaired) electrons. The van der Waals surface area contributed by atoms with Crippen molar-refractivity contribution < 1.29 is 0 Å². The van der Waals surface area contributed by atoms with Crippen molar-refractivity contribution in [1.82, 2.24) is 9.97 Å². The van der Waals surface area contributed by atoms with Gasteiger partial charge in [0.2, 0.25) is 0 Å². The Kier molecular flexibility index (Phi) is 4.84. The van der Waals surface area contributed by atoms with E-state index < -0.39 is 0 Å². The smallest absolute Gasteiger partial charge is 0.132 e. The van der Waals surface area contributed by atoms with Gasteiger partial charge in [0.15, 0.2) is 0 Å². The van der Waals surface area contributed by atoms with Crippen LogP contribution >= 0.6 is 0 Å². The molecule has 4 heteroatoms. The molecule has 116 valence electrons. The summed E-state index contributed by atoms with van der Waals surface area (Å²) in [5.74, 6) is 2.41. The zero-order valence-electron chi connectivity index (χ0n) is 13.2. The minimum absolute atomic E-state index is 0.745. The molecule has 0 aliphatic rings. The Bertz CT molecular complexity index is 680. The Balaban J connectivity index is 1.64. The molecule has 0 amide bonds. The lowest BCUT2D eigenvalue weighted by molar-refractivity contribution is 1.00.